The highest BCUT2D eigenvalue weighted by molar-refractivity contribution is 6.32. The van der Waals surface area contributed by atoms with Gasteiger partial charge in [0.25, 0.3) is 0 Å². The van der Waals surface area contributed by atoms with E-state index in [9.17, 15) is 8.78 Å². The van der Waals surface area contributed by atoms with Crippen LogP contribution in [0.3, 0.4) is 0 Å². The molecule has 1 heterocycles. The van der Waals surface area contributed by atoms with Crippen LogP contribution in [0, 0.1) is 5.82 Å². The lowest BCUT2D eigenvalue weighted by Gasteiger charge is -2.52. The number of alkyl halides is 1. The quantitative estimate of drug-likeness (QED) is 0.799. The van der Waals surface area contributed by atoms with E-state index in [4.69, 9.17) is 16.3 Å². The number of ether oxygens (including phenoxy) is 1. The van der Waals surface area contributed by atoms with Gasteiger partial charge in [0.2, 0.25) is 6.36 Å². The molecule has 6 heteroatoms. The maximum atomic E-state index is 14.6. The second kappa shape index (κ2) is 7.28. The van der Waals surface area contributed by atoms with Gasteiger partial charge in [-0.25, -0.2) is 8.78 Å². The Morgan fingerprint density at radius 2 is 2.08 bits per heavy atom. The minimum atomic E-state index is -1.56. The molecule has 3 atom stereocenters. The normalized spacial score (nSPS) is 26.9. The van der Waals surface area contributed by atoms with E-state index in [1.807, 2.05) is 0 Å². The van der Waals surface area contributed by atoms with Gasteiger partial charge in [0, 0.05) is 42.3 Å². The third kappa shape index (κ3) is 4.03. The predicted octanol–water partition coefficient (Wildman–Crippen LogP) is 5.06. The van der Waals surface area contributed by atoms with Crippen molar-refractivity contribution in [1.82, 2.24) is 5.32 Å². The molecule has 1 N–H and O–H groups in total. The molecule has 1 aromatic rings. The summed E-state index contributed by atoms with van der Waals surface area (Å²) in [7, 11) is 0. The van der Waals surface area contributed by atoms with Crippen LogP contribution in [-0.2, 0) is 0 Å². The van der Waals surface area contributed by atoms with Gasteiger partial charge in [0.1, 0.15) is 0 Å². The van der Waals surface area contributed by atoms with Crippen LogP contribution in [0.15, 0.2) is 12.1 Å². The molecule has 2 fully saturated rings. The Morgan fingerprint density at radius 1 is 1.36 bits per heavy atom. The minimum absolute atomic E-state index is 0.0666. The van der Waals surface area contributed by atoms with E-state index in [-0.39, 0.29) is 22.7 Å². The summed E-state index contributed by atoms with van der Waals surface area (Å²) in [6.45, 7) is 6.73. The zero-order valence-corrected chi connectivity index (χ0v) is 15.9. The lowest BCUT2D eigenvalue weighted by atomic mass is 9.83. The molecule has 3 nitrogen and oxygen atoms in total. The molecule has 1 aliphatic carbocycles. The molecule has 1 aromatic carbocycles. The first kappa shape index (κ1) is 18.7. The van der Waals surface area contributed by atoms with Crippen molar-refractivity contribution in [3.8, 4) is 5.75 Å². The number of benzene rings is 1. The van der Waals surface area contributed by atoms with Gasteiger partial charge < -0.3 is 15.0 Å². The fraction of sp³-hybridized carbons (Fsp3) is 0.684. The van der Waals surface area contributed by atoms with Crippen molar-refractivity contribution in [3.05, 3.63) is 23.0 Å². The second-order valence-corrected chi connectivity index (χ2v) is 8.20. The van der Waals surface area contributed by atoms with Crippen LogP contribution in [0.2, 0.25) is 5.02 Å². The van der Waals surface area contributed by atoms with Crippen molar-refractivity contribution in [2.24, 2.45) is 0 Å². The Morgan fingerprint density at radius 3 is 2.76 bits per heavy atom. The molecule has 1 saturated heterocycles. The fourth-order valence-electron chi connectivity index (χ4n) is 4.06. The summed E-state index contributed by atoms with van der Waals surface area (Å²) in [5.41, 5.74) is 0.677. The smallest absolute Gasteiger partial charge is 0.238 e. The van der Waals surface area contributed by atoms with Crippen molar-refractivity contribution in [3.63, 3.8) is 0 Å². The van der Waals surface area contributed by atoms with Crippen LogP contribution in [0.5, 0.6) is 5.75 Å². The summed E-state index contributed by atoms with van der Waals surface area (Å²) in [6.07, 6.45) is 3.19. The van der Waals surface area contributed by atoms with E-state index in [0.717, 1.165) is 25.1 Å². The van der Waals surface area contributed by atoms with Crippen molar-refractivity contribution in [2.45, 2.75) is 76.9 Å². The summed E-state index contributed by atoms with van der Waals surface area (Å²) < 4.78 is 33.1. The van der Waals surface area contributed by atoms with Crippen molar-refractivity contribution in [2.75, 3.05) is 11.4 Å². The Balaban J connectivity index is 1.91. The Hall–Kier alpha value is -1.07. The zero-order valence-electron chi connectivity index (χ0n) is 15.1. The van der Waals surface area contributed by atoms with Crippen LogP contribution in [0.1, 0.15) is 52.9 Å². The Labute approximate surface area is 153 Å². The highest BCUT2D eigenvalue weighted by Crippen LogP contribution is 2.38. The van der Waals surface area contributed by atoms with Gasteiger partial charge in [-0.3, -0.25) is 0 Å². The number of rotatable bonds is 4. The molecule has 25 heavy (non-hydrogen) atoms. The fourth-order valence-corrected chi connectivity index (χ4v) is 4.31. The van der Waals surface area contributed by atoms with E-state index in [0.29, 0.717) is 12.1 Å². The molecule has 3 rings (SSSR count). The summed E-state index contributed by atoms with van der Waals surface area (Å²) >= 11 is 6.23. The largest absolute Gasteiger partial charge is 0.456 e. The third-order valence-electron chi connectivity index (χ3n) is 5.15. The number of hydrogen-bond acceptors (Lipinski definition) is 3. The second-order valence-electron chi connectivity index (χ2n) is 7.79. The average molecular weight is 373 g/mol. The van der Waals surface area contributed by atoms with Crippen molar-refractivity contribution in [1.29, 1.82) is 0 Å². The first-order valence-electron chi connectivity index (χ1n) is 9.15. The standard InChI is InChI=1S/C19H27ClF2N2O/c1-4-17(22)25-18-13(20)9-12(10-14(18)21)24-11-19(2,3)23-15-7-5-6-8-16(15)24/h9-10,15-17,23H,4-8,11H2,1-3H3/t15-,16+,17?/m0/s1. The number of halogens is 3. The summed E-state index contributed by atoms with van der Waals surface area (Å²) in [4.78, 5) is 2.26. The molecule has 1 saturated carbocycles. The molecule has 0 amide bonds. The van der Waals surface area contributed by atoms with Crippen molar-refractivity contribution < 1.29 is 13.5 Å². The number of piperazine rings is 1. The van der Waals surface area contributed by atoms with Gasteiger partial charge in [-0.05, 0) is 32.8 Å². The third-order valence-corrected chi connectivity index (χ3v) is 5.43. The summed E-state index contributed by atoms with van der Waals surface area (Å²) in [5.74, 6) is -0.809. The van der Waals surface area contributed by atoms with Crippen LogP contribution >= 0.6 is 11.6 Å². The van der Waals surface area contributed by atoms with Crippen LogP contribution in [0.4, 0.5) is 14.5 Å². The molecular formula is C19H27ClF2N2O. The number of fused-ring (bicyclic) bond motifs is 1. The monoisotopic (exact) mass is 372 g/mol. The molecular weight excluding hydrogens is 346 g/mol. The summed E-state index contributed by atoms with van der Waals surface area (Å²) in [6, 6.07) is 3.85. The molecule has 1 unspecified atom stereocenters. The lowest BCUT2D eigenvalue weighted by molar-refractivity contribution is 0.0602. The zero-order chi connectivity index (χ0) is 18.2. The highest BCUT2D eigenvalue weighted by atomic mass is 35.5. The number of hydrogen-bond donors (Lipinski definition) is 1. The van der Waals surface area contributed by atoms with E-state index >= 15 is 0 Å². The number of nitrogens with one attached hydrogen (secondary N) is 1. The summed E-state index contributed by atoms with van der Waals surface area (Å²) in [5, 5.41) is 3.85. The van der Waals surface area contributed by atoms with Gasteiger partial charge in [-0.15, -0.1) is 0 Å². The van der Waals surface area contributed by atoms with Crippen molar-refractivity contribution >= 4 is 17.3 Å². The molecule has 0 bridgehead atoms. The molecule has 0 radical (unpaired) electrons. The van der Waals surface area contributed by atoms with Gasteiger partial charge in [-0.2, -0.15) is 0 Å². The SMILES string of the molecule is CCC(F)Oc1c(F)cc(N2CC(C)(C)N[C@H]3CCCC[C@H]32)cc1Cl. The van der Waals surface area contributed by atoms with Crippen LogP contribution in [-0.4, -0.2) is 30.5 Å². The average Bonchev–Trinajstić information content (AvgIpc) is 2.56. The van der Waals surface area contributed by atoms with Gasteiger partial charge in [-0.1, -0.05) is 31.4 Å². The minimum Gasteiger partial charge on any atom is -0.456 e. The molecule has 2 aliphatic rings. The van der Waals surface area contributed by atoms with Gasteiger partial charge >= 0.3 is 0 Å². The Bertz CT molecular complexity index is 602. The molecule has 0 spiro atoms. The molecule has 0 aromatic heterocycles. The van der Waals surface area contributed by atoms with Gasteiger partial charge in [0.15, 0.2) is 11.6 Å². The number of nitrogens with zero attached hydrogens (tertiary/aromatic N) is 1. The van der Waals surface area contributed by atoms with E-state index in [1.54, 1.807) is 13.0 Å². The van der Waals surface area contributed by atoms with Gasteiger partial charge in [0.05, 0.1) is 5.02 Å². The van der Waals surface area contributed by atoms with E-state index in [2.05, 4.69) is 24.1 Å². The maximum Gasteiger partial charge on any atom is 0.238 e. The lowest BCUT2D eigenvalue weighted by Crippen LogP contribution is -2.67. The molecule has 1 aliphatic heterocycles. The maximum absolute atomic E-state index is 14.6. The topological polar surface area (TPSA) is 24.5 Å². The van der Waals surface area contributed by atoms with Crippen LogP contribution in [0.25, 0.3) is 0 Å². The van der Waals surface area contributed by atoms with E-state index < -0.39 is 12.2 Å². The Kier molecular flexibility index (Phi) is 5.45. The van der Waals surface area contributed by atoms with E-state index in [1.165, 1.54) is 18.9 Å². The van der Waals surface area contributed by atoms with Crippen LogP contribution < -0.4 is 15.0 Å². The first-order valence-corrected chi connectivity index (χ1v) is 9.52. The molecule has 140 valence electrons. The highest BCUT2D eigenvalue weighted by Gasteiger charge is 2.40. The first-order chi connectivity index (χ1) is 11.8. The number of anilines is 1. The predicted molar refractivity (Wildman–Crippen MR) is 97.8 cm³/mol.